The zero-order valence-electron chi connectivity index (χ0n) is 23.2. The number of nitrogens with zero attached hydrogens (tertiary/aromatic N) is 1. The predicted molar refractivity (Wildman–Crippen MR) is 182 cm³/mol. The van der Waals surface area contributed by atoms with Crippen LogP contribution >= 0.6 is 11.3 Å². The Morgan fingerprint density at radius 3 is 2.09 bits per heavy atom. The van der Waals surface area contributed by atoms with Gasteiger partial charge in [-0.05, 0) is 65.2 Å². The van der Waals surface area contributed by atoms with Crippen molar-refractivity contribution in [1.82, 2.24) is 0 Å². The van der Waals surface area contributed by atoms with Crippen LogP contribution in [0.2, 0.25) is 0 Å². The van der Waals surface area contributed by atoms with Gasteiger partial charge in [-0.1, -0.05) is 103 Å². The zero-order valence-corrected chi connectivity index (χ0v) is 24.0. The molecule has 0 atom stereocenters. The summed E-state index contributed by atoms with van der Waals surface area (Å²) >= 11 is 1.86. The number of rotatable bonds is 4. The molecule has 0 aliphatic carbocycles. The molecule has 0 fully saturated rings. The van der Waals surface area contributed by atoms with Crippen molar-refractivity contribution in [3.8, 4) is 33.8 Å². The summed E-state index contributed by atoms with van der Waals surface area (Å²) in [7, 11) is 0. The van der Waals surface area contributed by atoms with Gasteiger partial charge in [0.1, 0.15) is 11.5 Å². The molecular formula is C40H25NOS. The van der Waals surface area contributed by atoms with Crippen molar-refractivity contribution in [2.24, 2.45) is 0 Å². The van der Waals surface area contributed by atoms with Crippen LogP contribution in [-0.2, 0) is 0 Å². The molecule has 9 rings (SSSR count). The largest absolute Gasteiger partial charge is 0.456 e. The fraction of sp³-hybridized carbons (Fsp3) is 0. The number of para-hydroxylation sites is 1. The van der Waals surface area contributed by atoms with Gasteiger partial charge < -0.3 is 9.64 Å². The van der Waals surface area contributed by atoms with Crippen LogP contribution in [-0.4, -0.2) is 0 Å². The molecule has 7 aromatic carbocycles. The Labute approximate surface area is 253 Å². The molecule has 3 heteroatoms. The maximum absolute atomic E-state index is 6.65. The third-order valence-electron chi connectivity index (χ3n) is 8.46. The number of fused-ring (bicyclic) bond motifs is 5. The molecule has 202 valence electrons. The van der Waals surface area contributed by atoms with Gasteiger partial charge in [0.25, 0.3) is 0 Å². The average molecular weight is 568 g/mol. The number of hydrogen-bond donors (Lipinski definition) is 0. The van der Waals surface area contributed by atoms with Crippen LogP contribution < -0.4 is 9.64 Å². The van der Waals surface area contributed by atoms with Gasteiger partial charge in [0.15, 0.2) is 0 Å². The number of anilines is 3. The zero-order chi connectivity index (χ0) is 28.3. The van der Waals surface area contributed by atoms with Crippen LogP contribution in [0.1, 0.15) is 0 Å². The van der Waals surface area contributed by atoms with Crippen LogP contribution in [0.5, 0.6) is 11.5 Å². The molecule has 0 N–H and O–H groups in total. The summed E-state index contributed by atoms with van der Waals surface area (Å²) in [5, 5.41) is 4.89. The van der Waals surface area contributed by atoms with Crippen molar-refractivity contribution in [2.75, 3.05) is 4.90 Å². The van der Waals surface area contributed by atoms with Gasteiger partial charge in [-0.15, -0.1) is 11.3 Å². The van der Waals surface area contributed by atoms with E-state index in [0.717, 1.165) is 44.8 Å². The van der Waals surface area contributed by atoms with E-state index in [9.17, 15) is 0 Å². The molecule has 0 radical (unpaired) electrons. The van der Waals surface area contributed by atoms with Crippen LogP contribution in [0.3, 0.4) is 0 Å². The maximum atomic E-state index is 6.65. The lowest BCUT2D eigenvalue weighted by molar-refractivity contribution is 0.487. The molecule has 0 spiro atoms. The second-order valence-corrected chi connectivity index (χ2v) is 12.0. The molecule has 2 heterocycles. The molecule has 0 amide bonds. The van der Waals surface area contributed by atoms with Gasteiger partial charge >= 0.3 is 0 Å². The molecule has 1 aliphatic rings. The van der Waals surface area contributed by atoms with E-state index in [4.69, 9.17) is 4.74 Å². The number of ether oxygens (including phenoxy) is 1. The maximum Gasteiger partial charge on any atom is 0.136 e. The Balaban J connectivity index is 1.28. The second kappa shape index (κ2) is 9.59. The minimum atomic E-state index is 0.889. The van der Waals surface area contributed by atoms with E-state index in [0.29, 0.717) is 0 Å². The van der Waals surface area contributed by atoms with E-state index < -0.39 is 0 Å². The standard InChI is InChI=1S/C40H25NOS/c1-3-11-26(12-4-1)27-21-22-29-31-16-9-18-33-34(23-24-36(39(31)33)42-37(29)25-27)41(28-13-5-2-6-14-28)35-19-10-17-32-30-15-7-8-20-38(30)43-40(32)35/h1-25H. The topological polar surface area (TPSA) is 12.5 Å². The predicted octanol–water partition coefficient (Wildman–Crippen LogP) is 12.1. The fourth-order valence-corrected chi connectivity index (χ4v) is 7.72. The van der Waals surface area contributed by atoms with Crippen LogP contribution in [0, 0.1) is 0 Å². The Kier molecular flexibility index (Phi) is 5.40. The Hall–Kier alpha value is -5.38. The van der Waals surface area contributed by atoms with Gasteiger partial charge in [0, 0.05) is 37.5 Å². The summed E-state index contributed by atoms with van der Waals surface area (Å²) < 4.78 is 9.23. The minimum Gasteiger partial charge on any atom is -0.456 e. The normalized spacial score (nSPS) is 11.9. The highest BCUT2D eigenvalue weighted by Crippen LogP contribution is 2.52. The van der Waals surface area contributed by atoms with Crippen LogP contribution in [0.4, 0.5) is 17.1 Å². The molecule has 0 bridgehead atoms. The second-order valence-electron chi connectivity index (χ2n) is 10.9. The molecule has 0 saturated heterocycles. The van der Waals surface area contributed by atoms with E-state index >= 15 is 0 Å². The molecule has 8 aromatic rings. The van der Waals surface area contributed by atoms with Crippen LogP contribution in [0.15, 0.2) is 152 Å². The lowest BCUT2D eigenvalue weighted by atomic mass is 9.92. The van der Waals surface area contributed by atoms with Gasteiger partial charge in [0.05, 0.1) is 16.1 Å². The minimum absolute atomic E-state index is 0.889. The third-order valence-corrected chi connectivity index (χ3v) is 9.67. The highest BCUT2D eigenvalue weighted by Gasteiger charge is 2.25. The summed E-state index contributed by atoms with van der Waals surface area (Å²) in [4.78, 5) is 2.41. The van der Waals surface area contributed by atoms with Crippen molar-refractivity contribution >= 4 is 59.3 Å². The quantitative estimate of drug-likeness (QED) is 0.210. The van der Waals surface area contributed by atoms with Crippen molar-refractivity contribution < 1.29 is 4.74 Å². The molecule has 0 unspecified atom stereocenters. The first kappa shape index (κ1) is 24.2. The highest BCUT2D eigenvalue weighted by atomic mass is 32.1. The molecule has 1 aromatic heterocycles. The van der Waals surface area contributed by atoms with Crippen molar-refractivity contribution in [3.63, 3.8) is 0 Å². The number of benzene rings is 7. The van der Waals surface area contributed by atoms with Crippen molar-refractivity contribution in [3.05, 3.63) is 152 Å². The van der Waals surface area contributed by atoms with Crippen molar-refractivity contribution in [1.29, 1.82) is 0 Å². The molecular weight excluding hydrogens is 543 g/mol. The number of hydrogen-bond acceptors (Lipinski definition) is 3. The highest BCUT2D eigenvalue weighted by molar-refractivity contribution is 7.26. The summed E-state index contributed by atoms with van der Waals surface area (Å²) in [5.74, 6) is 1.78. The van der Waals surface area contributed by atoms with E-state index in [2.05, 4.69) is 150 Å². The molecule has 0 saturated carbocycles. The third kappa shape index (κ3) is 3.79. The Morgan fingerprint density at radius 1 is 0.465 bits per heavy atom. The van der Waals surface area contributed by atoms with Crippen LogP contribution in [0.25, 0.3) is 53.2 Å². The molecule has 2 nitrogen and oxygen atoms in total. The Bertz CT molecular complexity index is 2320. The average Bonchev–Trinajstić information content (AvgIpc) is 3.46. The lowest BCUT2D eigenvalue weighted by Gasteiger charge is -2.29. The van der Waals surface area contributed by atoms with E-state index in [1.165, 1.54) is 37.0 Å². The SMILES string of the molecule is c1ccc(-c2ccc3c(c2)Oc2ccc(N(c4ccccc4)c4cccc5c4sc4ccccc45)c4cccc-3c24)cc1. The van der Waals surface area contributed by atoms with E-state index in [1.54, 1.807) is 0 Å². The lowest BCUT2D eigenvalue weighted by Crippen LogP contribution is -2.11. The fourth-order valence-electron chi connectivity index (χ4n) is 6.51. The first-order chi connectivity index (χ1) is 21.3. The summed E-state index contributed by atoms with van der Waals surface area (Å²) in [6, 6.07) is 54.1. The van der Waals surface area contributed by atoms with E-state index in [1.807, 2.05) is 17.4 Å². The van der Waals surface area contributed by atoms with Gasteiger partial charge in [-0.25, -0.2) is 0 Å². The van der Waals surface area contributed by atoms with E-state index in [-0.39, 0.29) is 0 Å². The van der Waals surface area contributed by atoms with Crippen molar-refractivity contribution in [2.45, 2.75) is 0 Å². The van der Waals surface area contributed by atoms with Gasteiger partial charge in [-0.2, -0.15) is 0 Å². The monoisotopic (exact) mass is 567 g/mol. The van der Waals surface area contributed by atoms with Gasteiger partial charge in [-0.3, -0.25) is 0 Å². The Morgan fingerprint density at radius 2 is 1.21 bits per heavy atom. The first-order valence-electron chi connectivity index (χ1n) is 14.5. The summed E-state index contributed by atoms with van der Waals surface area (Å²) in [6.45, 7) is 0. The van der Waals surface area contributed by atoms with Gasteiger partial charge in [0.2, 0.25) is 0 Å². The number of thiophene rings is 1. The summed E-state index contributed by atoms with van der Waals surface area (Å²) in [6.07, 6.45) is 0. The smallest absolute Gasteiger partial charge is 0.136 e. The molecule has 43 heavy (non-hydrogen) atoms. The first-order valence-corrected chi connectivity index (χ1v) is 15.3. The summed E-state index contributed by atoms with van der Waals surface area (Å²) in [5.41, 5.74) is 8.08. The molecule has 1 aliphatic heterocycles.